The molecule has 1 amide bonds. The van der Waals surface area contributed by atoms with E-state index in [1.165, 1.54) is 11.8 Å². The van der Waals surface area contributed by atoms with Crippen LogP contribution in [0.15, 0.2) is 53.7 Å². The van der Waals surface area contributed by atoms with Crippen molar-refractivity contribution in [1.29, 1.82) is 0 Å². The van der Waals surface area contributed by atoms with E-state index in [1.807, 2.05) is 53.1 Å². The van der Waals surface area contributed by atoms with Gasteiger partial charge < -0.3 is 24.4 Å². The molecule has 1 saturated heterocycles. The lowest BCUT2D eigenvalue weighted by atomic mass is 10.2. The Morgan fingerprint density at radius 1 is 1.00 bits per heavy atom. The summed E-state index contributed by atoms with van der Waals surface area (Å²) < 4.78 is 19.7. The molecule has 182 valence electrons. The zero-order chi connectivity index (χ0) is 23.7. The first-order chi connectivity index (χ1) is 17.2. The van der Waals surface area contributed by atoms with Gasteiger partial charge in [0, 0.05) is 37.7 Å². The second-order valence-corrected chi connectivity index (χ2v) is 9.82. The summed E-state index contributed by atoms with van der Waals surface area (Å²) in [6.45, 7) is 2.81. The van der Waals surface area contributed by atoms with Gasteiger partial charge in [0.25, 0.3) is 5.79 Å². The summed E-state index contributed by atoms with van der Waals surface area (Å²) >= 11 is 1.36. The van der Waals surface area contributed by atoms with Gasteiger partial charge in [0.2, 0.25) is 11.9 Å². The number of ether oxygens (including phenoxy) is 3. The summed E-state index contributed by atoms with van der Waals surface area (Å²) in [6, 6.07) is 15.5. The molecule has 3 aromatic rings. The van der Waals surface area contributed by atoms with Crippen LogP contribution in [-0.2, 0) is 9.53 Å². The van der Waals surface area contributed by atoms with E-state index in [2.05, 4.69) is 20.4 Å². The minimum atomic E-state index is -0.513. The van der Waals surface area contributed by atoms with E-state index in [1.54, 1.807) is 0 Å². The van der Waals surface area contributed by atoms with Crippen molar-refractivity contribution < 1.29 is 19.0 Å². The highest BCUT2D eigenvalue weighted by atomic mass is 32.2. The Kier molecular flexibility index (Phi) is 5.99. The molecule has 2 aromatic carbocycles. The smallest absolute Gasteiger partial charge is 0.251 e. The number of hydrogen-bond acceptors (Lipinski definition) is 8. The lowest BCUT2D eigenvalue weighted by Gasteiger charge is -2.27. The van der Waals surface area contributed by atoms with Crippen molar-refractivity contribution in [2.75, 3.05) is 42.3 Å². The molecule has 0 atom stereocenters. The fourth-order valence-electron chi connectivity index (χ4n) is 4.74. The van der Waals surface area contributed by atoms with E-state index >= 15 is 0 Å². The number of thioether (sulfide) groups is 1. The number of morpholine rings is 1. The number of anilines is 2. The van der Waals surface area contributed by atoms with Gasteiger partial charge in [-0.05, 0) is 37.1 Å². The maximum atomic E-state index is 12.8. The van der Waals surface area contributed by atoms with Gasteiger partial charge in [0.1, 0.15) is 0 Å². The highest BCUT2D eigenvalue weighted by Gasteiger charge is 2.44. The van der Waals surface area contributed by atoms with Crippen molar-refractivity contribution in [3.05, 3.63) is 48.5 Å². The van der Waals surface area contributed by atoms with Crippen LogP contribution in [0.2, 0.25) is 0 Å². The number of carbonyl (C=O) groups excluding carboxylic acids is 1. The van der Waals surface area contributed by atoms with E-state index in [-0.39, 0.29) is 11.7 Å². The molecule has 0 radical (unpaired) electrons. The molecule has 6 rings (SSSR count). The Bertz CT molecular complexity index is 1210. The second kappa shape index (κ2) is 9.43. The number of nitrogens with one attached hydrogen (secondary N) is 1. The third-order valence-corrected chi connectivity index (χ3v) is 7.37. The van der Waals surface area contributed by atoms with Crippen LogP contribution < -0.4 is 19.7 Å². The molecule has 3 heterocycles. The molecule has 1 spiro atoms. The first-order valence-corrected chi connectivity index (χ1v) is 13.0. The van der Waals surface area contributed by atoms with Crippen LogP contribution in [0.25, 0.3) is 5.69 Å². The number of para-hydroxylation sites is 1. The Morgan fingerprint density at radius 2 is 1.77 bits per heavy atom. The normalized spacial score (nSPS) is 18.2. The molecule has 10 heteroatoms. The molecule has 2 fully saturated rings. The predicted molar refractivity (Wildman–Crippen MR) is 133 cm³/mol. The number of hydrogen-bond donors (Lipinski definition) is 1. The predicted octanol–water partition coefficient (Wildman–Crippen LogP) is 3.88. The summed E-state index contributed by atoms with van der Waals surface area (Å²) in [5, 5.41) is 12.5. The molecular formula is C25H27N5O4S. The molecule has 0 unspecified atom stereocenters. The maximum absolute atomic E-state index is 12.8. The molecule has 1 aromatic heterocycles. The van der Waals surface area contributed by atoms with Crippen LogP contribution in [0.1, 0.15) is 25.7 Å². The van der Waals surface area contributed by atoms with Gasteiger partial charge in [0.05, 0.1) is 24.7 Å². The standard InChI is InChI=1S/C25H27N5O4S/c31-22(26-18-8-9-20-21(16-18)34-25(33-20)10-4-5-11-25)17-35-24-28-27-23(29-12-14-32-15-13-29)30(24)19-6-2-1-3-7-19/h1-3,6-9,16H,4-5,10-15,17H2,(H,26,31). The van der Waals surface area contributed by atoms with E-state index in [0.29, 0.717) is 29.8 Å². The third kappa shape index (κ3) is 4.55. The summed E-state index contributed by atoms with van der Waals surface area (Å²) in [6.07, 6.45) is 4.01. The van der Waals surface area contributed by atoms with Crippen molar-refractivity contribution >= 4 is 29.3 Å². The lowest BCUT2D eigenvalue weighted by molar-refractivity contribution is -0.113. The minimum Gasteiger partial charge on any atom is -0.448 e. The number of aromatic nitrogens is 3. The van der Waals surface area contributed by atoms with Crippen molar-refractivity contribution in [2.24, 2.45) is 0 Å². The van der Waals surface area contributed by atoms with Crippen molar-refractivity contribution in [3.8, 4) is 17.2 Å². The van der Waals surface area contributed by atoms with Crippen LogP contribution in [0.4, 0.5) is 11.6 Å². The van der Waals surface area contributed by atoms with E-state index < -0.39 is 5.79 Å². The number of amides is 1. The number of rotatable bonds is 6. The first kappa shape index (κ1) is 22.2. The largest absolute Gasteiger partial charge is 0.448 e. The Labute approximate surface area is 207 Å². The molecule has 1 aliphatic carbocycles. The van der Waals surface area contributed by atoms with Crippen LogP contribution in [0.5, 0.6) is 11.5 Å². The van der Waals surface area contributed by atoms with Crippen molar-refractivity contribution in [3.63, 3.8) is 0 Å². The van der Waals surface area contributed by atoms with Crippen LogP contribution in [-0.4, -0.2) is 58.5 Å². The number of nitrogens with zero attached hydrogens (tertiary/aromatic N) is 4. The molecule has 0 bridgehead atoms. The summed E-state index contributed by atoms with van der Waals surface area (Å²) in [4.78, 5) is 15.0. The van der Waals surface area contributed by atoms with Crippen molar-refractivity contribution in [2.45, 2.75) is 36.6 Å². The average molecular weight is 494 g/mol. The fraction of sp³-hybridized carbons (Fsp3) is 0.400. The van der Waals surface area contributed by atoms with Gasteiger partial charge >= 0.3 is 0 Å². The zero-order valence-electron chi connectivity index (χ0n) is 19.3. The molecule has 1 saturated carbocycles. The van der Waals surface area contributed by atoms with Crippen LogP contribution in [0.3, 0.4) is 0 Å². The number of fused-ring (bicyclic) bond motifs is 1. The molecule has 9 nitrogen and oxygen atoms in total. The lowest BCUT2D eigenvalue weighted by Crippen LogP contribution is -2.37. The fourth-order valence-corrected chi connectivity index (χ4v) is 5.49. The van der Waals surface area contributed by atoms with Gasteiger partial charge in [-0.15, -0.1) is 10.2 Å². The maximum Gasteiger partial charge on any atom is 0.251 e. The zero-order valence-corrected chi connectivity index (χ0v) is 20.1. The highest BCUT2D eigenvalue weighted by molar-refractivity contribution is 7.99. The molecule has 35 heavy (non-hydrogen) atoms. The minimum absolute atomic E-state index is 0.125. The Hall–Kier alpha value is -3.24. The van der Waals surface area contributed by atoms with E-state index in [9.17, 15) is 4.79 Å². The average Bonchev–Trinajstić information content (AvgIpc) is 3.62. The molecule has 1 N–H and O–H groups in total. The van der Waals surface area contributed by atoms with Crippen molar-refractivity contribution in [1.82, 2.24) is 14.8 Å². The third-order valence-electron chi connectivity index (χ3n) is 6.44. The van der Waals surface area contributed by atoms with Gasteiger partial charge in [-0.1, -0.05) is 30.0 Å². The number of benzene rings is 2. The van der Waals surface area contributed by atoms with Gasteiger partial charge in [0.15, 0.2) is 16.7 Å². The Morgan fingerprint density at radius 3 is 2.57 bits per heavy atom. The summed E-state index contributed by atoms with van der Waals surface area (Å²) in [7, 11) is 0. The summed E-state index contributed by atoms with van der Waals surface area (Å²) in [5.41, 5.74) is 1.64. The molecule has 3 aliphatic rings. The molecule has 2 aliphatic heterocycles. The van der Waals surface area contributed by atoms with E-state index in [0.717, 1.165) is 56.2 Å². The highest BCUT2D eigenvalue weighted by Crippen LogP contribution is 2.47. The summed E-state index contributed by atoms with van der Waals surface area (Å²) in [5.74, 6) is 1.76. The monoisotopic (exact) mass is 493 g/mol. The van der Waals surface area contributed by atoms with Crippen LogP contribution >= 0.6 is 11.8 Å². The molecular weight excluding hydrogens is 466 g/mol. The Balaban J connectivity index is 1.15. The van der Waals surface area contributed by atoms with Gasteiger partial charge in [-0.25, -0.2) is 0 Å². The second-order valence-electron chi connectivity index (χ2n) is 8.87. The van der Waals surface area contributed by atoms with Gasteiger partial charge in [-0.3, -0.25) is 9.36 Å². The topological polar surface area (TPSA) is 90.7 Å². The first-order valence-electron chi connectivity index (χ1n) is 12.0. The number of carbonyl (C=O) groups is 1. The van der Waals surface area contributed by atoms with Crippen LogP contribution in [0, 0.1) is 0 Å². The quantitative estimate of drug-likeness (QED) is 0.518. The van der Waals surface area contributed by atoms with Gasteiger partial charge in [-0.2, -0.15) is 0 Å². The van der Waals surface area contributed by atoms with E-state index in [4.69, 9.17) is 14.2 Å². The SMILES string of the molecule is O=C(CSc1nnc(N2CCOCC2)n1-c1ccccc1)Nc1ccc2c(c1)OC1(CCCC1)O2.